The molecule has 1 heterocycles. The first kappa shape index (κ1) is 18.0. The number of aromatic nitrogens is 2. The largest absolute Gasteiger partial charge is 0.493 e. The van der Waals surface area contributed by atoms with Gasteiger partial charge in [0, 0.05) is 13.0 Å². The summed E-state index contributed by atoms with van der Waals surface area (Å²) in [5.41, 5.74) is 4.35. The Hall–Kier alpha value is -2.82. The van der Waals surface area contributed by atoms with E-state index in [1.54, 1.807) is 0 Å². The number of para-hydroxylation sites is 2. The lowest BCUT2D eigenvalue weighted by Crippen LogP contribution is -2.26. The number of carbonyl (C=O) groups is 1. The van der Waals surface area contributed by atoms with Gasteiger partial charge in [0.15, 0.2) is 0 Å². The predicted octanol–water partition coefficient (Wildman–Crippen LogP) is 3.70. The fourth-order valence-electron chi connectivity index (χ4n) is 2.83. The third-order valence-corrected chi connectivity index (χ3v) is 4.49. The highest BCUT2D eigenvalue weighted by Gasteiger charge is 2.06. The van der Waals surface area contributed by atoms with Crippen LogP contribution in [0.5, 0.6) is 5.75 Å². The van der Waals surface area contributed by atoms with Gasteiger partial charge in [-0.3, -0.25) is 4.79 Å². The van der Waals surface area contributed by atoms with Crippen LogP contribution in [0.1, 0.15) is 29.8 Å². The van der Waals surface area contributed by atoms with Crippen LogP contribution in [-0.2, 0) is 11.2 Å². The Morgan fingerprint density at radius 2 is 2.00 bits per heavy atom. The molecule has 136 valence electrons. The van der Waals surface area contributed by atoms with E-state index in [2.05, 4.69) is 28.3 Å². The van der Waals surface area contributed by atoms with E-state index in [0.29, 0.717) is 19.6 Å². The average Bonchev–Trinajstić information content (AvgIpc) is 3.05. The summed E-state index contributed by atoms with van der Waals surface area (Å²) in [6.45, 7) is 5.11. The molecule has 3 rings (SSSR count). The van der Waals surface area contributed by atoms with Gasteiger partial charge in [0.1, 0.15) is 11.6 Å². The fourth-order valence-corrected chi connectivity index (χ4v) is 2.83. The van der Waals surface area contributed by atoms with Gasteiger partial charge in [-0.05, 0) is 49.6 Å². The van der Waals surface area contributed by atoms with Crippen molar-refractivity contribution >= 4 is 16.9 Å². The monoisotopic (exact) mass is 351 g/mol. The van der Waals surface area contributed by atoms with Gasteiger partial charge in [0.2, 0.25) is 5.91 Å². The normalized spacial score (nSPS) is 10.8. The SMILES string of the molecule is Cc1cccc(OCCC(=O)NCCCc2nc3ccccc3[nH]2)c1C. The maximum Gasteiger partial charge on any atom is 0.223 e. The number of rotatable bonds is 8. The number of amides is 1. The fraction of sp³-hybridized carbons (Fsp3) is 0.333. The molecule has 0 bridgehead atoms. The smallest absolute Gasteiger partial charge is 0.223 e. The number of nitrogens with zero attached hydrogens (tertiary/aromatic N) is 1. The van der Waals surface area contributed by atoms with E-state index in [9.17, 15) is 4.79 Å². The van der Waals surface area contributed by atoms with Crippen molar-refractivity contribution in [2.45, 2.75) is 33.1 Å². The zero-order valence-corrected chi connectivity index (χ0v) is 15.3. The molecule has 26 heavy (non-hydrogen) atoms. The van der Waals surface area contributed by atoms with E-state index in [4.69, 9.17) is 4.74 Å². The average molecular weight is 351 g/mol. The Morgan fingerprint density at radius 1 is 1.15 bits per heavy atom. The molecule has 0 aliphatic carbocycles. The zero-order valence-electron chi connectivity index (χ0n) is 15.3. The van der Waals surface area contributed by atoms with Crippen molar-refractivity contribution in [1.29, 1.82) is 0 Å². The molecule has 0 saturated carbocycles. The van der Waals surface area contributed by atoms with E-state index >= 15 is 0 Å². The Labute approximate surface area is 153 Å². The highest BCUT2D eigenvalue weighted by Crippen LogP contribution is 2.20. The minimum absolute atomic E-state index is 0.0138. The second kappa shape index (κ2) is 8.52. The molecule has 0 atom stereocenters. The maximum absolute atomic E-state index is 11.9. The molecule has 1 aromatic heterocycles. The molecular weight excluding hydrogens is 326 g/mol. The van der Waals surface area contributed by atoms with Crippen molar-refractivity contribution in [2.75, 3.05) is 13.2 Å². The van der Waals surface area contributed by atoms with Gasteiger partial charge in [-0.25, -0.2) is 4.98 Å². The number of fused-ring (bicyclic) bond motifs is 1. The van der Waals surface area contributed by atoms with E-state index in [0.717, 1.165) is 41.0 Å². The summed E-state index contributed by atoms with van der Waals surface area (Å²) < 4.78 is 5.72. The Bertz CT molecular complexity index is 853. The van der Waals surface area contributed by atoms with Crippen molar-refractivity contribution in [2.24, 2.45) is 0 Å². The molecule has 3 aromatic rings. The Morgan fingerprint density at radius 3 is 2.85 bits per heavy atom. The summed E-state index contributed by atoms with van der Waals surface area (Å²) in [7, 11) is 0. The van der Waals surface area contributed by atoms with Crippen LogP contribution in [0.2, 0.25) is 0 Å². The van der Waals surface area contributed by atoms with Crippen LogP contribution in [0.3, 0.4) is 0 Å². The summed E-state index contributed by atoms with van der Waals surface area (Å²) in [4.78, 5) is 19.8. The van der Waals surface area contributed by atoms with Crippen molar-refractivity contribution in [3.8, 4) is 5.75 Å². The summed E-state index contributed by atoms with van der Waals surface area (Å²) in [6, 6.07) is 13.9. The highest BCUT2D eigenvalue weighted by atomic mass is 16.5. The zero-order chi connectivity index (χ0) is 18.4. The number of carbonyl (C=O) groups excluding carboxylic acids is 1. The number of benzene rings is 2. The van der Waals surface area contributed by atoms with E-state index in [-0.39, 0.29) is 5.91 Å². The molecule has 2 N–H and O–H groups in total. The molecule has 0 spiro atoms. The van der Waals surface area contributed by atoms with Gasteiger partial charge < -0.3 is 15.0 Å². The van der Waals surface area contributed by atoms with Gasteiger partial charge in [-0.15, -0.1) is 0 Å². The second-order valence-corrected chi connectivity index (χ2v) is 6.45. The van der Waals surface area contributed by atoms with Gasteiger partial charge in [0.25, 0.3) is 0 Å². The molecular formula is C21H25N3O2. The van der Waals surface area contributed by atoms with Crippen molar-refractivity contribution < 1.29 is 9.53 Å². The molecule has 0 fully saturated rings. The third-order valence-electron chi connectivity index (χ3n) is 4.49. The van der Waals surface area contributed by atoms with Crippen molar-refractivity contribution in [3.63, 3.8) is 0 Å². The molecule has 5 heteroatoms. The number of aromatic amines is 1. The number of aryl methyl sites for hydroxylation is 2. The summed E-state index contributed by atoms with van der Waals surface area (Å²) in [6.07, 6.45) is 2.02. The molecule has 2 aromatic carbocycles. The van der Waals surface area contributed by atoms with Gasteiger partial charge in [0.05, 0.1) is 24.1 Å². The summed E-state index contributed by atoms with van der Waals surface area (Å²) in [5, 5.41) is 2.94. The van der Waals surface area contributed by atoms with Gasteiger partial charge in [-0.2, -0.15) is 0 Å². The van der Waals surface area contributed by atoms with E-state index in [1.165, 1.54) is 5.56 Å². The minimum atomic E-state index is 0.0138. The van der Waals surface area contributed by atoms with Crippen molar-refractivity contribution in [3.05, 3.63) is 59.4 Å². The predicted molar refractivity (Wildman–Crippen MR) is 103 cm³/mol. The minimum Gasteiger partial charge on any atom is -0.493 e. The molecule has 5 nitrogen and oxygen atoms in total. The van der Waals surface area contributed by atoms with Crippen LogP contribution in [-0.4, -0.2) is 29.0 Å². The number of hydrogen-bond donors (Lipinski definition) is 2. The molecule has 0 unspecified atom stereocenters. The number of H-pyrrole nitrogens is 1. The first-order valence-electron chi connectivity index (χ1n) is 9.03. The lowest BCUT2D eigenvalue weighted by atomic mass is 10.1. The molecule has 0 aliphatic rings. The van der Waals surface area contributed by atoms with Crippen LogP contribution in [0.25, 0.3) is 11.0 Å². The Balaban J connectivity index is 1.34. The molecule has 0 saturated heterocycles. The van der Waals surface area contributed by atoms with E-state index in [1.807, 2.05) is 43.3 Å². The van der Waals surface area contributed by atoms with Gasteiger partial charge >= 0.3 is 0 Å². The lowest BCUT2D eigenvalue weighted by Gasteiger charge is -2.10. The van der Waals surface area contributed by atoms with Crippen LogP contribution >= 0.6 is 0 Å². The van der Waals surface area contributed by atoms with Crippen molar-refractivity contribution in [1.82, 2.24) is 15.3 Å². The highest BCUT2D eigenvalue weighted by molar-refractivity contribution is 5.76. The van der Waals surface area contributed by atoms with Crippen LogP contribution in [0.15, 0.2) is 42.5 Å². The standard InChI is InChI=1S/C21H25N3O2/c1-15-7-5-10-19(16(15)2)26-14-12-21(25)22-13-6-11-20-23-17-8-3-4-9-18(17)24-20/h3-5,7-10H,6,11-14H2,1-2H3,(H,22,25)(H,23,24). The topological polar surface area (TPSA) is 67.0 Å². The summed E-state index contributed by atoms with van der Waals surface area (Å²) >= 11 is 0. The first-order chi connectivity index (χ1) is 12.6. The summed E-state index contributed by atoms with van der Waals surface area (Å²) in [5.74, 6) is 1.82. The number of imidazole rings is 1. The van der Waals surface area contributed by atoms with Crippen LogP contribution in [0.4, 0.5) is 0 Å². The molecule has 0 aliphatic heterocycles. The quantitative estimate of drug-likeness (QED) is 0.608. The maximum atomic E-state index is 11.9. The molecule has 0 radical (unpaired) electrons. The van der Waals surface area contributed by atoms with Gasteiger partial charge in [-0.1, -0.05) is 24.3 Å². The lowest BCUT2D eigenvalue weighted by molar-refractivity contribution is -0.121. The Kier molecular flexibility index (Phi) is 5.89. The third kappa shape index (κ3) is 4.63. The van der Waals surface area contributed by atoms with Crippen LogP contribution in [0, 0.1) is 13.8 Å². The number of ether oxygens (including phenoxy) is 1. The van der Waals surface area contributed by atoms with E-state index < -0.39 is 0 Å². The number of hydrogen-bond acceptors (Lipinski definition) is 3. The molecule has 1 amide bonds. The van der Waals surface area contributed by atoms with Crippen LogP contribution < -0.4 is 10.1 Å². The second-order valence-electron chi connectivity index (χ2n) is 6.45. The first-order valence-corrected chi connectivity index (χ1v) is 9.03. The number of nitrogens with one attached hydrogen (secondary N) is 2.